The Morgan fingerprint density at radius 1 is 1.24 bits per heavy atom. The normalized spacial score (nSPS) is 14.5. The molecule has 1 N–H and O–H groups in total. The van der Waals surface area contributed by atoms with E-state index in [2.05, 4.69) is 50.4 Å². The summed E-state index contributed by atoms with van der Waals surface area (Å²) in [7, 11) is -0.720. The summed E-state index contributed by atoms with van der Waals surface area (Å²) in [5.74, 6) is 1.51. The third-order valence-corrected chi connectivity index (χ3v) is 4.28. The van der Waals surface area contributed by atoms with E-state index < -0.39 is 10.8 Å². The third kappa shape index (κ3) is 5.00. The molecule has 2 unspecified atom stereocenters. The van der Waals surface area contributed by atoms with Crippen LogP contribution in [0.1, 0.15) is 37.4 Å². The fourth-order valence-electron chi connectivity index (χ4n) is 1.82. The summed E-state index contributed by atoms with van der Waals surface area (Å²) >= 11 is 0. The molecule has 17 heavy (non-hydrogen) atoms. The van der Waals surface area contributed by atoms with Crippen molar-refractivity contribution in [1.29, 1.82) is 0 Å². The standard InChI is InChI=1S/C14H23NOS/c1-4-10-17(16)11-14(15-5-2)13-8-6-12(3)7-9-13/h6-9,14-15H,4-5,10-11H2,1-3H3. The molecular formula is C14H23NOS. The lowest BCUT2D eigenvalue weighted by Gasteiger charge is -2.18. The van der Waals surface area contributed by atoms with Crippen LogP contribution in [0.4, 0.5) is 0 Å². The van der Waals surface area contributed by atoms with E-state index in [1.807, 2.05) is 0 Å². The van der Waals surface area contributed by atoms with Crippen molar-refractivity contribution in [2.45, 2.75) is 33.2 Å². The van der Waals surface area contributed by atoms with Gasteiger partial charge in [0.15, 0.2) is 0 Å². The van der Waals surface area contributed by atoms with Crippen molar-refractivity contribution in [2.24, 2.45) is 0 Å². The van der Waals surface area contributed by atoms with Crippen molar-refractivity contribution < 1.29 is 4.21 Å². The minimum absolute atomic E-state index is 0.216. The monoisotopic (exact) mass is 253 g/mol. The molecule has 0 saturated carbocycles. The van der Waals surface area contributed by atoms with Crippen molar-refractivity contribution >= 4 is 10.8 Å². The topological polar surface area (TPSA) is 29.1 Å². The Kier molecular flexibility index (Phi) is 6.45. The third-order valence-electron chi connectivity index (χ3n) is 2.71. The number of benzene rings is 1. The Hall–Kier alpha value is -0.670. The second-order valence-corrected chi connectivity index (χ2v) is 5.95. The summed E-state index contributed by atoms with van der Waals surface area (Å²) in [6, 6.07) is 8.70. The lowest BCUT2D eigenvalue weighted by molar-refractivity contribution is 0.594. The van der Waals surface area contributed by atoms with Crippen LogP contribution in [0.25, 0.3) is 0 Å². The van der Waals surface area contributed by atoms with Gasteiger partial charge in [-0.2, -0.15) is 0 Å². The zero-order valence-corrected chi connectivity index (χ0v) is 11.8. The molecule has 2 atom stereocenters. The summed E-state index contributed by atoms with van der Waals surface area (Å²) in [6.07, 6.45) is 0.985. The molecule has 1 aromatic carbocycles. The van der Waals surface area contributed by atoms with E-state index >= 15 is 0 Å². The van der Waals surface area contributed by atoms with Crippen LogP contribution in [-0.4, -0.2) is 22.3 Å². The number of hydrogen-bond acceptors (Lipinski definition) is 2. The summed E-state index contributed by atoms with van der Waals surface area (Å²) < 4.78 is 11.8. The van der Waals surface area contributed by atoms with E-state index in [4.69, 9.17) is 0 Å². The van der Waals surface area contributed by atoms with Crippen LogP contribution in [0.5, 0.6) is 0 Å². The number of rotatable bonds is 7. The molecule has 0 amide bonds. The predicted molar refractivity (Wildman–Crippen MR) is 75.8 cm³/mol. The van der Waals surface area contributed by atoms with Gasteiger partial charge >= 0.3 is 0 Å². The maximum Gasteiger partial charge on any atom is 0.0436 e. The highest BCUT2D eigenvalue weighted by Gasteiger charge is 2.13. The molecule has 3 heteroatoms. The lowest BCUT2D eigenvalue weighted by Crippen LogP contribution is -2.26. The molecule has 0 heterocycles. The van der Waals surface area contributed by atoms with Crippen LogP contribution in [-0.2, 0) is 10.8 Å². The molecule has 0 spiro atoms. The Morgan fingerprint density at radius 2 is 1.88 bits per heavy atom. The minimum atomic E-state index is -0.720. The van der Waals surface area contributed by atoms with Crippen LogP contribution in [0.2, 0.25) is 0 Å². The van der Waals surface area contributed by atoms with Crippen molar-refractivity contribution in [3.63, 3.8) is 0 Å². The smallest absolute Gasteiger partial charge is 0.0436 e. The SMILES string of the molecule is CCCS(=O)CC(NCC)c1ccc(C)cc1. The van der Waals surface area contributed by atoms with E-state index in [9.17, 15) is 4.21 Å². The van der Waals surface area contributed by atoms with Gasteiger partial charge in [-0.15, -0.1) is 0 Å². The summed E-state index contributed by atoms with van der Waals surface area (Å²) in [4.78, 5) is 0. The second kappa shape index (κ2) is 7.62. The second-order valence-electron chi connectivity index (χ2n) is 4.33. The first-order chi connectivity index (χ1) is 8.17. The first-order valence-electron chi connectivity index (χ1n) is 6.32. The first kappa shape index (κ1) is 14.4. The van der Waals surface area contributed by atoms with Gasteiger partial charge in [-0.25, -0.2) is 0 Å². The molecular weight excluding hydrogens is 230 g/mol. The number of nitrogens with one attached hydrogen (secondary N) is 1. The highest BCUT2D eigenvalue weighted by atomic mass is 32.2. The number of aryl methyl sites for hydroxylation is 1. The predicted octanol–water partition coefficient (Wildman–Crippen LogP) is 2.80. The average molecular weight is 253 g/mol. The van der Waals surface area contributed by atoms with E-state index in [1.54, 1.807) is 0 Å². The molecule has 1 rings (SSSR count). The van der Waals surface area contributed by atoms with Gasteiger partial charge in [-0.05, 0) is 25.5 Å². The van der Waals surface area contributed by atoms with Crippen LogP contribution >= 0.6 is 0 Å². The minimum Gasteiger partial charge on any atom is -0.309 e. The van der Waals surface area contributed by atoms with Gasteiger partial charge in [0, 0.05) is 28.3 Å². The number of hydrogen-bond donors (Lipinski definition) is 1. The van der Waals surface area contributed by atoms with Gasteiger partial charge in [0.05, 0.1) is 0 Å². The Morgan fingerprint density at radius 3 is 2.41 bits per heavy atom. The average Bonchev–Trinajstić information content (AvgIpc) is 2.30. The van der Waals surface area contributed by atoms with Crippen LogP contribution < -0.4 is 5.32 Å². The zero-order chi connectivity index (χ0) is 12.7. The van der Waals surface area contributed by atoms with Gasteiger partial charge in [-0.3, -0.25) is 4.21 Å². The van der Waals surface area contributed by atoms with Crippen molar-refractivity contribution in [3.05, 3.63) is 35.4 Å². The maximum atomic E-state index is 11.8. The largest absolute Gasteiger partial charge is 0.309 e. The summed E-state index contributed by atoms with van der Waals surface area (Å²) in [5.41, 5.74) is 2.50. The van der Waals surface area contributed by atoms with Gasteiger partial charge < -0.3 is 5.32 Å². The van der Waals surface area contributed by atoms with Gasteiger partial charge in [0.2, 0.25) is 0 Å². The molecule has 0 aliphatic carbocycles. The zero-order valence-electron chi connectivity index (χ0n) is 11.0. The van der Waals surface area contributed by atoms with Crippen molar-refractivity contribution in [3.8, 4) is 0 Å². The van der Waals surface area contributed by atoms with E-state index in [1.165, 1.54) is 11.1 Å². The Bertz CT molecular complexity index is 348. The van der Waals surface area contributed by atoms with Crippen LogP contribution in [0, 0.1) is 6.92 Å². The molecule has 0 aliphatic rings. The molecule has 0 aliphatic heterocycles. The van der Waals surface area contributed by atoms with Crippen LogP contribution in [0.15, 0.2) is 24.3 Å². The van der Waals surface area contributed by atoms with Crippen LogP contribution in [0.3, 0.4) is 0 Å². The van der Waals surface area contributed by atoms with E-state index in [0.29, 0.717) is 5.75 Å². The van der Waals surface area contributed by atoms with E-state index in [-0.39, 0.29) is 6.04 Å². The van der Waals surface area contributed by atoms with E-state index in [0.717, 1.165) is 18.7 Å². The summed E-state index contributed by atoms with van der Waals surface area (Å²) in [5, 5.41) is 3.41. The molecule has 0 radical (unpaired) electrons. The first-order valence-corrected chi connectivity index (χ1v) is 7.81. The molecule has 96 valence electrons. The fourth-order valence-corrected chi connectivity index (χ4v) is 3.12. The Labute approximate surface area is 107 Å². The highest BCUT2D eigenvalue weighted by Crippen LogP contribution is 2.15. The quantitative estimate of drug-likeness (QED) is 0.809. The molecule has 0 aromatic heterocycles. The van der Waals surface area contributed by atoms with Gasteiger partial charge in [-0.1, -0.05) is 43.7 Å². The van der Waals surface area contributed by atoms with Crippen molar-refractivity contribution in [1.82, 2.24) is 5.32 Å². The molecule has 1 aromatic rings. The fraction of sp³-hybridized carbons (Fsp3) is 0.571. The summed E-state index contributed by atoms with van der Waals surface area (Å²) in [6.45, 7) is 7.15. The molecule has 0 saturated heterocycles. The Balaban J connectivity index is 2.71. The molecule has 0 bridgehead atoms. The van der Waals surface area contributed by atoms with Gasteiger partial charge in [0.25, 0.3) is 0 Å². The highest BCUT2D eigenvalue weighted by molar-refractivity contribution is 7.85. The molecule has 2 nitrogen and oxygen atoms in total. The lowest BCUT2D eigenvalue weighted by atomic mass is 10.1. The molecule has 0 fully saturated rings. The maximum absolute atomic E-state index is 11.8. The van der Waals surface area contributed by atoms with Gasteiger partial charge in [0.1, 0.15) is 0 Å². The van der Waals surface area contributed by atoms with Crippen molar-refractivity contribution in [2.75, 3.05) is 18.1 Å².